The molecule has 2 nitrogen and oxygen atoms in total. The lowest BCUT2D eigenvalue weighted by Crippen LogP contribution is -1.83. The minimum absolute atomic E-state index is 0.284. The number of aromatic hydroxyl groups is 1. The summed E-state index contributed by atoms with van der Waals surface area (Å²) in [7, 11) is 0. The Morgan fingerprint density at radius 3 is 2.72 bits per heavy atom. The Morgan fingerprint density at radius 1 is 1.22 bits per heavy atom. The second kappa shape index (κ2) is 5.71. The van der Waals surface area contributed by atoms with Gasteiger partial charge in [0.25, 0.3) is 0 Å². The van der Waals surface area contributed by atoms with Crippen molar-refractivity contribution in [2.75, 3.05) is 0 Å². The van der Waals surface area contributed by atoms with Gasteiger partial charge in [-0.15, -0.1) is 0 Å². The average molecular weight is 372 g/mol. The molecule has 2 aromatic rings. The van der Waals surface area contributed by atoms with Crippen molar-refractivity contribution >= 4 is 46.1 Å². The summed E-state index contributed by atoms with van der Waals surface area (Å²) in [4.78, 5) is 4.41. The van der Waals surface area contributed by atoms with Gasteiger partial charge < -0.3 is 5.11 Å². The smallest absolute Gasteiger partial charge is 0.128 e. The lowest BCUT2D eigenvalue weighted by Gasteiger charge is -2.01. The van der Waals surface area contributed by atoms with Gasteiger partial charge in [0.1, 0.15) is 5.75 Å². The molecule has 1 N–H and O–H groups in total. The Balaban J connectivity index is 2.29. The van der Waals surface area contributed by atoms with Gasteiger partial charge in [-0.2, -0.15) is 0 Å². The summed E-state index contributed by atoms with van der Waals surface area (Å²) < 4.78 is 0.805. The number of aryl methyl sites for hydroxylation is 1. The van der Waals surface area contributed by atoms with Crippen molar-refractivity contribution < 1.29 is 5.11 Å². The van der Waals surface area contributed by atoms with E-state index in [9.17, 15) is 5.11 Å². The predicted octanol–water partition coefficient (Wildman–Crippen LogP) is 4.71. The van der Waals surface area contributed by atoms with Crippen LogP contribution in [0.25, 0.3) is 0 Å². The molecule has 18 heavy (non-hydrogen) atoms. The van der Waals surface area contributed by atoms with Crippen molar-refractivity contribution in [1.29, 1.82) is 0 Å². The van der Waals surface area contributed by atoms with Crippen LogP contribution in [0.15, 0.2) is 41.4 Å². The molecule has 0 aliphatic rings. The van der Waals surface area contributed by atoms with Gasteiger partial charge in [-0.3, -0.25) is 4.99 Å². The number of hydrogen-bond donors (Lipinski definition) is 1. The van der Waals surface area contributed by atoms with Crippen LogP contribution in [0.1, 0.15) is 11.1 Å². The largest absolute Gasteiger partial charge is 0.507 e. The molecular formula is C14H11ClINO. The summed E-state index contributed by atoms with van der Waals surface area (Å²) in [5, 5.41) is 10.1. The first kappa shape index (κ1) is 13.4. The summed E-state index contributed by atoms with van der Waals surface area (Å²) >= 11 is 8.02. The SMILES string of the molecule is Cc1ccc(Cl)cc1N=Cc1ccc(O)c(I)c1. The summed E-state index contributed by atoms with van der Waals surface area (Å²) in [5.41, 5.74) is 2.87. The van der Waals surface area contributed by atoms with Gasteiger partial charge in [0, 0.05) is 11.2 Å². The molecule has 0 spiro atoms. The molecule has 4 heteroatoms. The highest BCUT2D eigenvalue weighted by Crippen LogP contribution is 2.24. The highest BCUT2D eigenvalue weighted by Gasteiger charge is 1.99. The van der Waals surface area contributed by atoms with E-state index in [-0.39, 0.29) is 5.75 Å². The third-order valence-corrected chi connectivity index (χ3v) is 3.59. The Morgan fingerprint density at radius 2 is 2.00 bits per heavy atom. The maximum atomic E-state index is 9.44. The number of rotatable bonds is 2. The van der Waals surface area contributed by atoms with Gasteiger partial charge in [-0.1, -0.05) is 17.7 Å². The maximum Gasteiger partial charge on any atom is 0.128 e. The number of aliphatic imine (C=N–C) groups is 1. The van der Waals surface area contributed by atoms with E-state index in [2.05, 4.69) is 27.6 Å². The molecule has 92 valence electrons. The fourth-order valence-electron chi connectivity index (χ4n) is 1.47. The van der Waals surface area contributed by atoms with Crippen molar-refractivity contribution in [3.8, 4) is 5.75 Å². The summed E-state index contributed by atoms with van der Waals surface area (Å²) in [6, 6.07) is 11.0. The summed E-state index contributed by atoms with van der Waals surface area (Å²) in [6.07, 6.45) is 1.76. The summed E-state index contributed by atoms with van der Waals surface area (Å²) in [6.45, 7) is 1.99. The Bertz CT molecular complexity index is 611. The van der Waals surface area contributed by atoms with Gasteiger partial charge in [-0.25, -0.2) is 0 Å². The van der Waals surface area contributed by atoms with Crippen LogP contribution in [0.4, 0.5) is 5.69 Å². The average Bonchev–Trinajstić information content (AvgIpc) is 2.34. The zero-order chi connectivity index (χ0) is 13.1. The molecule has 0 atom stereocenters. The molecule has 0 saturated heterocycles. The lowest BCUT2D eigenvalue weighted by atomic mass is 10.2. The van der Waals surface area contributed by atoms with Crippen LogP contribution in [0.2, 0.25) is 5.02 Å². The van der Waals surface area contributed by atoms with Crippen LogP contribution >= 0.6 is 34.2 Å². The van der Waals surface area contributed by atoms with Gasteiger partial charge in [0.15, 0.2) is 0 Å². The van der Waals surface area contributed by atoms with E-state index in [1.54, 1.807) is 12.3 Å². The molecule has 0 unspecified atom stereocenters. The second-order valence-electron chi connectivity index (χ2n) is 3.90. The second-order valence-corrected chi connectivity index (χ2v) is 5.50. The van der Waals surface area contributed by atoms with Crippen molar-refractivity contribution in [3.05, 3.63) is 56.1 Å². The lowest BCUT2D eigenvalue weighted by molar-refractivity contribution is 0.471. The van der Waals surface area contributed by atoms with Gasteiger partial charge in [-0.05, 0) is 71.0 Å². The number of hydrogen-bond acceptors (Lipinski definition) is 2. The molecule has 0 saturated carbocycles. The molecule has 0 heterocycles. The highest BCUT2D eigenvalue weighted by molar-refractivity contribution is 14.1. The minimum Gasteiger partial charge on any atom is -0.507 e. The molecule has 0 aromatic heterocycles. The molecule has 0 fully saturated rings. The van der Waals surface area contributed by atoms with Crippen LogP contribution < -0.4 is 0 Å². The van der Waals surface area contributed by atoms with E-state index in [0.717, 1.165) is 20.4 Å². The molecule has 0 aliphatic carbocycles. The Labute approximate surface area is 124 Å². The fraction of sp³-hybridized carbons (Fsp3) is 0.0714. The number of phenolic OH excluding ortho intramolecular Hbond substituents is 1. The third-order valence-electron chi connectivity index (χ3n) is 2.50. The van der Waals surface area contributed by atoms with Gasteiger partial charge in [0.2, 0.25) is 0 Å². The van der Waals surface area contributed by atoms with Crippen molar-refractivity contribution in [2.24, 2.45) is 4.99 Å². The quantitative estimate of drug-likeness (QED) is 0.602. The fourth-order valence-corrected chi connectivity index (χ4v) is 2.17. The Kier molecular flexibility index (Phi) is 4.24. The van der Waals surface area contributed by atoms with Crippen molar-refractivity contribution in [3.63, 3.8) is 0 Å². The predicted molar refractivity (Wildman–Crippen MR) is 84.3 cm³/mol. The third kappa shape index (κ3) is 3.23. The maximum absolute atomic E-state index is 9.44. The van der Waals surface area contributed by atoms with Crippen LogP contribution in [-0.2, 0) is 0 Å². The number of halogens is 2. The van der Waals surface area contributed by atoms with Crippen LogP contribution in [0.3, 0.4) is 0 Å². The molecule has 2 rings (SSSR count). The van der Waals surface area contributed by atoms with E-state index in [0.29, 0.717) is 5.02 Å². The van der Waals surface area contributed by atoms with E-state index in [1.807, 2.05) is 37.3 Å². The minimum atomic E-state index is 0.284. The summed E-state index contributed by atoms with van der Waals surface area (Å²) in [5.74, 6) is 0.284. The van der Waals surface area contributed by atoms with Crippen molar-refractivity contribution in [2.45, 2.75) is 6.92 Å². The van der Waals surface area contributed by atoms with Crippen LogP contribution in [0.5, 0.6) is 5.75 Å². The zero-order valence-electron chi connectivity index (χ0n) is 9.69. The van der Waals surface area contributed by atoms with Crippen molar-refractivity contribution in [1.82, 2.24) is 0 Å². The normalized spacial score (nSPS) is 11.1. The van der Waals surface area contributed by atoms with E-state index >= 15 is 0 Å². The van der Waals surface area contributed by atoms with E-state index in [4.69, 9.17) is 11.6 Å². The first-order valence-electron chi connectivity index (χ1n) is 5.35. The van der Waals surface area contributed by atoms with E-state index < -0.39 is 0 Å². The molecular weight excluding hydrogens is 361 g/mol. The zero-order valence-corrected chi connectivity index (χ0v) is 12.6. The molecule has 2 aromatic carbocycles. The highest BCUT2D eigenvalue weighted by atomic mass is 127. The molecule has 0 bridgehead atoms. The number of benzene rings is 2. The molecule has 0 radical (unpaired) electrons. The van der Waals surface area contributed by atoms with Gasteiger partial charge >= 0.3 is 0 Å². The number of phenols is 1. The standard InChI is InChI=1S/C14H11ClINO/c1-9-2-4-11(15)7-13(9)17-8-10-3-5-14(18)12(16)6-10/h2-8,18H,1H3. The first-order chi connectivity index (χ1) is 8.56. The number of nitrogens with zero attached hydrogens (tertiary/aromatic N) is 1. The van der Waals surface area contributed by atoms with Crippen LogP contribution in [0, 0.1) is 10.5 Å². The first-order valence-corrected chi connectivity index (χ1v) is 6.80. The topological polar surface area (TPSA) is 32.6 Å². The monoisotopic (exact) mass is 371 g/mol. The van der Waals surface area contributed by atoms with Crippen LogP contribution in [-0.4, -0.2) is 11.3 Å². The Hall–Kier alpha value is -1.07. The molecule has 0 amide bonds. The van der Waals surface area contributed by atoms with E-state index in [1.165, 1.54) is 0 Å². The van der Waals surface area contributed by atoms with Gasteiger partial charge in [0.05, 0.1) is 9.26 Å². The molecule has 0 aliphatic heterocycles.